The van der Waals surface area contributed by atoms with E-state index >= 15 is 0 Å². The van der Waals surface area contributed by atoms with E-state index in [4.69, 9.17) is 0 Å². The Morgan fingerprint density at radius 1 is 1.43 bits per heavy atom. The zero-order valence-electron chi connectivity index (χ0n) is 9.32. The molecule has 0 bridgehead atoms. The maximum Gasteiger partial charge on any atom is 0.0768 e. The second-order valence-electron chi connectivity index (χ2n) is 4.64. The van der Waals surface area contributed by atoms with Crippen LogP contribution in [0.3, 0.4) is 0 Å². The van der Waals surface area contributed by atoms with Crippen LogP contribution in [0.1, 0.15) is 20.8 Å². The van der Waals surface area contributed by atoms with Gasteiger partial charge in [0.15, 0.2) is 0 Å². The van der Waals surface area contributed by atoms with Gasteiger partial charge in [0.2, 0.25) is 0 Å². The highest BCUT2D eigenvalue weighted by Gasteiger charge is 2.29. The van der Waals surface area contributed by atoms with Crippen LogP contribution in [0.25, 0.3) is 0 Å². The summed E-state index contributed by atoms with van der Waals surface area (Å²) in [5.41, 5.74) is -0.626. The van der Waals surface area contributed by atoms with E-state index in [9.17, 15) is 9.32 Å². The molecule has 3 nitrogen and oxygen atoms in total. The van der Waals surface area contributed by atoms with Gasteiger partial charge in [0.1, 0.15) is 0 Å². The Balaban J connectivity index is 2.41. The van der Waals surface area contributed by atoms with Crippen molar-refractivity contribution in [1.29, 1.82) is 0 Å². The molecule has 14 heavy (non-hydrogen) atoms. The van der Waals surface area contributed by atoms with Crippen molar-refractivity contribution in [2.24, 2.45) is 5.92 Å². The monoisotopic (exact) mass is 219 g/mol. The fourth-order valence-electron chi connectivity index (χ4n) is 1.47. The molecule has 0 spiro atoms. The predicted molar refractivity (Wildman–Crippen MR) is 59.8 cm³/mol. The highest BCUT2D eigenvalue weighted by molar-refractivity contribution is 7.85. The first-order valence-corrected chi connectivity index (χ1v) is 6.70. The summed E-state index contributed by atoms with van der Waals surface area (Å²) in [4.78, 5) is 2.21. The predicted octanol–water partition coefficient (Wildman–Crippen LogP) is 0.458. The first-order chi connectivity index (χ1) is 6.42. The third-order valence-corrected chi connectivity index (χ3v) is 4.33. The number of β-amino-alcohol motifs (C(OH)–C–C–N with tert-alkyl or cyclic N) is 1. The van der Waals surface area contributed by atoms with Crippen LogP contribution in [0.5, 0.6) is 0 Å². The van der Waals surface area contributed by atoms with Crippen molar-refractivity contribution in [2.45, 2.75) is 26.4 Å². The fourth-order valence-corrected chi connectivity index (χ4v) is 2.60. The van der Waals surface area contributed by atoms with Gasteiger partial charge in [-0.15, -0.1) is 0 Å². The van der Waals surface area contributed by atoms with Gasteiger partial charge in [-0.2, -0.15) is 0 Å². The molecular weight excluding hydrogens is 198 g/mol. The van der Waals surface area contributed by atoms with E-state index in [1.807, 2.05) is 20.8 Å². The third-order valence-electron chi connectivity index (χ3n) is 3.06. The summed E-state index contributed by atoms with van der Waals surface area (Å²) < 4.78 is 11.1. The number of hydrogen-bond acceptors (Lipinski definition) is 3. The van der Waals surface area contributed by atoms with E-state index in [-0.39, 0.29) is 5.92 Å². The van der Waals surface area contributed by atoms with E-state index < -0.39 is 16.4 Å². The molecule has 0 aromatic rings. The first-order valence-electron chi connectivity index (χ1n) is 5.21. The van der Waals surface area contributed by atoms with Crippen LogP contribution in [0, 0.1) is 5.92 Å². The fraction of sp³-hybridized carbons (Fsp3) is 1.00. The number of rotatable bonds is 3. The van der Waals surface area contributed by atoms with E-state index in [0.29, 0.717) is 6.54 Å². The van der Waals surface area contributed by atoms with Gasteiger partial charge >= 0.3 is 0 Å². The highest BCUT2D eigenvalue weighted by Crippen LogP contribution is 2.18. The topological polar surface area (TPSA) is 40.5 Å². The minimum Gasteiger partial charge on any atom is -0.389 e. The smallest absolute Gasteiger partial charge is 0.0768 e. The second-order valence-corrected chi connectivity index (χ2v) is 6.33. The van der Waals surface area contributed by atoms with Gasteiger partial charge in [-0.25, -0.2) is 0 Å². The Hall–Kier alpha value is 0.0700. The molecule has 1 aliphatic rings. The van der Waals surface area contributed by atoms with Gasteiger partial charge < -0.3 is 5.11 Å². The Kier molecular flexibility index (Phi) is 4.10. The van der Waals surface area contributed by atoms with Crippen molar-refractivity contribution >= 4 is 10.8 Å². The molecule has 1 atom stereocenters. The number of aliphatic hydroxyl groups is 1. The highest BCUT2D eigenvalue weighted by atomic mass is 32.2. The van der Waals surface area contributed by atoms with Gasteiger partial charge in [0.25, 0.3) is 0 Å². The van der Waals surface area contributed by atoms with E-state index in [2.05, 4.69) is 4.90 Å². The minimum absolute atomic E-state index is 0.259. The Bertz CT molecular complexity index is 206. The van der Waals surface area contributed by atoms with Crippen LogP contribution >= 0.6 is 0 Å². The molecular formula is C10H21NO2S. The number of nitrogens with zero attached hydrogens (tertiary/aromatic N) is 1. The van der Waals surface area contributed by atoms with Crippen molar-refractivity contribution in [3.05, 3.63) is 0 Å². The molecule has 0 aromatic carbocycles. The lowest BCUT2D eigenvalue weighted by molar-refractivity contribution is -0.0167. The van der Waals surface area contributed by atoms with Crippen molar-refractivity contribution in [2.75, 3.05) is 31.1 Å². The van der Waals surface area contributed by atoms with Crippen LogP contribution in [-0.2, 0) is 10.8 Å². The zero-order chi connectivity index (χ0) is 10.8. The lowest BCUT2D eigenvalue weighted by Crippen LogP contribution is -2.48. The molecule has 4 heteroatoms. The molecule has 1 N–H and O–H groups in total. The van der Waals surface area contributed by atoms with Crippen LogP contribution < -0.4 is 0 Å². The molecule has 1 saturated heterocycles. The molecule has 1 heterocycles. The Morgan fingerprint density at radius 2 is 1.93 bits per heavy atom. The molecule has 0 amide bonds. The maximum absolute atomic E-state index is 11.1. The van der Waals surface area contributed by atoms with Crippen LogP contribution in [0.15, 0.2) is 0 Å². The summed E-state index contributed by atoms with van der Waals surface area (Å²) in [5.74, 6) is 1.78. The van der Waals surface area contributed by atoms with Gasteiger partial charge in [0, 0.05) is 41.9 Å². The van der Waals surface area contributed by atoms with Crippen molar-refractivity contribution in [3.8, 4) is 0 Å². The van der Waals surface area contributed by atoms with E-state index in [0.717, 1.165) is 24.6 Å². The van der Waals surface area contributed by atoms with Gasteiger partial charge in [-0.05, 0) is 12.8 Å². The molecule has 1 aliphatic heterocycles. The average molecular weight is 219 g/mol. The summed E-state index contributed by atoms with van der Waals surface area (Å²) in [6.07, 6.45) is 0. The average Bonchev–Trinajstić information content (AvgIpc) is 2.08. The molecule has 0 aromatic heterocycles. The Labute approximate surface area is 88.9 Å². The third kappa shape index (κ3) is 3.33. The maximum atomic E-state index is 11.1. The SMILES string of the molecule is CC(C)C(C)(O)CN1CCS(=O)CC1. The van der Waals surface area contributed by atoms with E-state index in [1.54, 1.807) is 0 Å². The largest absolute Gasteiger partial charge is 0.389 e. The summed E-state index contributed by atoms with van der Waals surface area (Å²) in [6, 6.07) is 0. The van der Waals surface area contributed by atoms with Gasteiger partial charge in [-0.3, -0.25) is 9.11 Å². The van der Waals surface area contributed by atoms with Crippen molar-refractivity contribution in [1.82, 2.24) is 4.90 Å². The molecule has 1 unspecified atom stereocenters. The lowest BCUT2D eigenvalue weighted by atomic mass is 9.92. The molecule has 0 aliphatic carbocycles. The quantitative estimate of drug-likeness (QED) is 0.749. The summed E-state index contributed by atoms with van der Waals surface area (Å²) in [5, 5.41) is 10.1. The zero-order valence-corrected chi connectivity index (χ0v) is 10.1. The normalized spacial score (nSPS) is 25.2. The van der Waals surface area contributed by atoms with Gasteiger partial charge in [0.05, 0.1) is 5.60 Å². The van der Waals surface area contributed by atoms with Crippen molar-refractivity contribution < 1.29 is 9.32 Å². The van der Waals surface area contributed by atoms with Crippen LogP contribution in [0.4, 0.5) is 0 Å². The minimum atomic E-state index is -0.626. The van der Waals surface area contributed by atoms with Crippen LogP contribution in [0.2, 0.25) is 0 Å². The number of hydrogen-bond donors (Lipinski definition) is 1. The van der Waals surface area contributed by atoms with Crippen LogP contribution in [-0.4, -0.2) is 51.0 Å². The lowest BCUT2D eigenvalue weighted by Gasteiger charge is -2.35. The summed E-state index contributed by atoms with van der Waals surface area (Å²) in [7, 11) is -0.623. The Morgan fingerprint density at radius 3 is 2.36 bits per heavy atom. The molecule has 84 valence electrons. The second kappa shape index (κ2) is 4.73. The molecule has 0 saturated carbocycles. The van der Waals surface area contributed by atoms with E-state index in [1.165, 1.54) is 0 Å². The molecule has 1 fully saturated rings. The summed E-state index contributed by atoms with van der Waals surface area (Å²) in [6.45, 7) is 8.35. The first kappa shape index (κ1) is 12.1. The van der Waals surface area contributed by atoms with Gasteiger partial charge in [-0.1, -0.05) is 13.8 Å². The molecule has 0 radical (unpaired) electrons. The molecule has 1 rings (SSSR count). The summed E-state index contributed by atoms with van der Waals surface area (Å²) >= 11 is 0. The van der Waals surface area contributed by atoms with Crippen molar-refractivity contribution in [3.63, 3.8) is 0 Å². The standard InChI is InChI=1S/C10H21NO2S/c1-9(2)10(3,12)8-11-4-6-14(13)7-5-11/h9,12H,4-8H2,1-3H3.